The van der Waals surface area contributed by atoms with Crippen molar-refractivity contribution in [2.45, 2.75) is 41.0 Å². The Labute approximate surface area is 184 Å². The predicted octanol–water partition coefficient (Wildman–Crippen LogP) is 5.93. The lowest BCUT2D eigenvalue weighted by Gasteiger charge is -2.18. The fraction of sp³-hybridized carbons (Fsp3) is 0.261. The highest BCUT2D eigenvalue weighted by Crippen LogP contribution is 2.35. The normalized spacial score (nSPS) is 10.9. The standard InChI is InChI=1S/C23H23ClN2O5/c1-11-12(2)14(4)17(15(5)13(11)3)8-16-6-7-22(31-16)23(28)25-19-9-18(24)20(26(29)30)10-21(19)27/h6-7,9-10,27H,8H2,1-5H3,(H,25,28). The molecule has 0 fully saturated rings. The molecule has 162 valence electrons. The Bertz CT molecular complexity index is 1180. The number of hydrogen-bond acceptors (Lipinski definition) is 5. The zero-order valence-electron chi connectivity index (χ0n) is 17.9. The van der Waals surface area contributed by atoms with Gasteiger partial charge in [-0.15, -0.1) is 0 Å². The van der Waals surface area contributed by atoms with Crippen molar-refractivity contribution in [1.82, 2.24) is 0 Å². The molecule has 0 aliphatic carbocycles. The first kappa shape index (κ1) is 22.4. The predicted molar refractivity (Wildman–Crippen MR) is 119 cm³/mol. The van der Waals surface area contributed by atoms with Crippen molar-refractivity contribution in [1.29, 1.82) is 0 Å². The third-order valence-electron chi connectivity index (χ3n) is 5.90. The van der Waals surface area contributed by atoms with Crippen LogP contribution in [0.1, 0.15) is 49.7 Å². The number of anilines is 1. The number of benzene rings is 2. The number of furan rings is 1. The summed E-state index contributed by atoms with van der Waals surface area (Å²) in [6.07, 6.45) is 0.543. The minimum Gasteiger partial charge on any atom is -0.506 e. The van der Waals surface area contributed by atoms with Crippen molar-refractivity contribution in [3.8, 4) is 5.75 Å². The topological polar surface area (TPSA) is 106 Å². The second kappa shape index (κ2) is 8.43. The van der Waals surface area contributed by atoms with Gasteiger partial charge in [-0.25, -0.2) is 0 Å². The molecule has 3 aromatic rings. The van der Waals surface area contributed by atoms with Crippen molar-refractivity contribution in [2.75, 3.05) is 5.32 Å². The third kappa shape index (κ3) is 4.27. The Morgan fingerprint density at radius 2 is 1.65 bits per heavy atom. The molecule has 7 nitrogen and oxygen atoms in total. The number of nitrogens with zero attached hydrogens (tertiary/aromatic N) is 1. The average Bonchev–Trinajstić information content (AvgIpc) is 3.19. The number of phenolic OH excluding ortho intramolecular Hbond substituents is 1. The van der Waals surface area contributed by atoms with E-state index in [2.05, 4.69) is 39.9 Å². The Morgan fingerprint density at radius 3 is 2.23 bits per heavy atom. The first-order valence-corrected chi connectivity index (χ1v) is 10.0. The van der Waals surface area contributed by atoms with E-state index in [-0.39, 0.29) is 16.5 Å². The number of carbonyl (C=O) groups is 1. The first-order valence-electron chi connectivity index (χ1n) is 9.64. The molecule has 1 amide bonds. The Balaban J connectivity index is 1.83. The lowest BCUT2D eigenvalue weighted by Crippen LogP contribution is -2.11. The van der Waals surface area contributed by atoms with E-state index in [4.69, 9.17) is 16.0 Å². The average molecular weight is 443 g/mol. The molecule has 0 saturated carbocycles. The summed E-state index contributed by atoms with van der Waals surface area (Å²) < 4.78 is 5.74. The molecule has 0 bridgehead atoms. The first-order chi connectivity index (χ1) is 14.5. The Kier molecular flexibility index (Phi) is 6.08. The summed E-state index contributed by atoms with van der Waals surface area (Å²) in [4.78, 5) is 22.7. The quantitative estimate of drug-likeness (QED) is 0.289. The molecule has 0 spiro atoms. The number of nitrogens with one attached hydrogen (secondary N) is 1. The number of aromatic hydroxyl groups is 1. The third-order valence-corrected chi connectivity index (χ3v) is 6.20. The number of amides is 1. The van der Waals surface area contributed by atoms with Crippen LogP contribution in [0.25, 0.3) is 0 Å². The Hall–Kier alpha value is -3.32. The molecular formula is C23H23ClN2O5. The molecule has 3 rings (SSSR count). The molecular weight excluding hydrogens is 420 g/mol. The van der Waals surface area contributed by atoms with E-state index in [1.165, 1.54) is 33.4 Å². The smallest absolute Gasteiger partial charge is 0.291 e. The summed E-state index contributed by atoms with van der Waals surface area (Å²) in [5, 5.41) is 23.2. The minimum atomic E-state index is -0.717. The van der Waals surface area contributed by atoms with Crippen molar-refractivity contribution < 1.29 is 19.2 Å². The van der Waals surface area contributed by atoms with Crippen LogP contribution in [-0.4, -0.2) is 15.9 Å². The molecule has 0 aliphatic heterocycles. The number of nitro groups is 1. The second-order valence-electron chi connectivity index (χ2n) is 7.58. The lowest BCUT2D eigenvalue weighted by molar-refractivity contribution is -0.384. The maximum Gasteiger partial charge on any atom is 0.291 e. The van der Waals surface area contributed by atoms with Gasteiger partial charge >= 0.3 is 0 Å². The number of nitro benzene ring substituents is 1. The van der Waals surface area contributed by atoms with Gasteiger partial charge in [-0.1, -0.05) is 11.6 Å². The fourth-order valence-electron chi connectivity index (χ4n) is 3.59. The molecule has 0 saturated heterocycles. The Morgan fingerprint density at radius 1 is 1.06 bits per heavy atom. The van der Waals surface area contributed by atoms with Crippen molar-refractivity contribution in [3.05, 3.63) is 84.3 Å². The highest BCUT2D eigenvalue weighted by molar-refractivity contribution is 6.33. The molecule has 2 N–H and O–H groups in total. The van der Waals surface area contributed by atoms with Crippen LogP contribution in [0.15, 0.2) is 28.7 Å². The molecule has 0 atom stereocenters. The van der Waals surface area contributed by atoms with Crippen molar-refractivity contribution in [2.24, 2.45) is 0 Å². The summed E-state index contributed by atoms with van der Waals surface area (Å²) in [6, 6.07) is 5.30. The van der Waals surface area contributed by atoms with Gasteiger partial charge < -0.3 is 14.8 Å². The van der Waals surface area contributed by atoms with Gasteiger partial charge in [-0.2, -0.15) is 0 Å². The van der Waals surface area contributed by atoms with Crippen LogP contribution in [0.5, 0.6) is 5.75 Å². The van der Waals surface area contributed by atoms with Gasteiger partial charge in [-0.3, -0.25) is 14.9 Å². The van der Waals surface area contributed by atoms with Gasteiger partial charge in [0.05, 0.1) is 16.7 Å². The van der Waals surface area contributed by atoms with Gasteiger partial charge in [0.1, 0.15) is 16.5 Å². The summed E-state index contributed by atoms with van der Waals surface area (Å²) in [5.74, 6) is -0.381. The number of phenols is 1. The van der Waals surface area contributed by atoms with Crippen LogP contribution >= 0.6 is 11.6 Å². The van der Waals surface area contributed by atoms with E-state index in [1.54, 1.807) is 12.1 Å². The van der Waals surface area contributed by atoms with E-state index in [0.717, 1.165) is 12.1 Å². The van der Waals surface area contributed by atoms with E-state index >= 15 is 0 Å². The molecule has 8 heteroatoms. The van der Waals surface area contributed by atoms with Gasteiger partial charge in [-0.05, 0) is 86.2 Å². The molecule has 0 radical (unpaired) electrons. The second-order valence-corrected chi connectivity index (χ2v) is 7.99. The molecule has 1 heterocycles. The van der Waals surface area contributed by atoms with Gasteiger partial charge in [0.15, 0.2) is 5.76 Å². The van der Waals surface area contributed by atoms with Crippen LogP contribution in [0.2, 0.25) is 5.02 Å². The zero-order chi connectivity index (χ0) is 23.0. The summed E-state index contributed by atoms with van der Waals surface area (Å²) in [5.41, 5.74) is 6.84. The van der Waals surface area contributed by atoms with Crippen LogP contribution in [0.3, 0.4) is 0 Å². The van der Waals surface area contributed by atoms with Gasteiger partial charge in [0.25, 0.3) is 11.6 Å². The highest BCUT2D eigenvalue weighted by atomic mass is 35.5. The SMILES string of the molecule is Cc1c(C)c(C)c(Cc2ccc(C(=O)Nc3cc(Cl)c([N+](=O)[O-])cc3O)o2)c(C)c1C. The maximum atomic E-state index is 12.6. The van der Waals surface area contributed by atoms with E-state index in [0.29, 0.717) is 12.2 Å². The number of hydrogen-bond donors (Lipinski definition) is 2. The largest absolute Gasteiger partial charge is 0.506 e. The number of halogens is 1. The van der Waals surface area contributed by atoms with Crippen LogP contribution in [0.4, 0.5) is 11.4 Å². The lowest BCUT2D eigenvalue weighted by atomic mass is 9.88. The van der Waals surface area contributed by atoms with Crippen LogP contribution < -0.4 is 5.32 Å². The van der Waals surface area contributed by atoms with Gasteiger partial charge in [0, 0.05) is 6.42 Å². The van der Waals surface area contributed by atoms with E-state index in [1.807, 2.05) is 0 Å². The summed E-state index contributed by atoms with van der Waals surface area (Å²) in [7, 11) is 0. The molecule has 0 unspecified atom stereocenters. The minimum absolute atomic E-state index is 0.0463. The van der Waals surface area contributed by atoms with Gasteiger partial charge in [0.2, 0.25) is 0 Å². The van der Waals surface area contributed by atoms with E-state index in [9.17, 15) is 20.0 Å². The molecule has 1 aromatic heterocycles. The van der Waals surface area contributed by atoms with Crippen LogP contribution in [-0.2, 0) is 6.42 Å². The van der Waals surface area contributed by atoms with Crippen LogP contribution in [0, 0.1) is 44.7 Å². The number of rotatable bonds is 5. The number of carbonyl (C=O) groups excluding carboxylic acids is 1. The molecule has 2 aromatic carbocycles. The monoisotopic (exact) mass is 442 g/mol. The van der Waals surface area contributed by atoms with Crippen molar-refractivity contribution >= 4 is 28.9 Å². The molecule has 0 aliphatic rings. The van der Waals surface area contributed by atoms with E-state index < -0.39 is 22.3 Å². The highest BCUT2D eigenvalue weighted by Gasteiger charge is 2.20. The molecule has 31 heavy (non-hydrogen) atoms. The summed E-state index contributed by atoms with van der Waals surface area (Å²) in [6.45, 7) is 10.5. The maximum absolute atomic E-state index is 12.6. The zero-order valence-corrected chi connectivity index (χ0v) is 18.7. The summed E-state index contributed by atoms with van der Waals surface area (Å²) >= 11 is 5.86. The fourth-order valence-corrected chi connectivity index (χ4v) is 3.82. The van der Waals surface area contributed by atoms with Crippen molar-refractivity contribution in [3.63, 3.8) is 0 Å².